The summed E-state index contributed by atoms with van der Waals surface area (Å²) in [5, 5.41) is 4.61. The normalized spacial score (nSPS) is 15.8. The maximum Gasteiger partial charge on any atom is 0.417 e. The third kappa shape index (κ3) is 5.42. The molecule has 11 heteroatoms. The van der Waals surface area contributed by atoms with Gasteiger partial charge in [-0.05, 0) is 17.5 Å². The van der Waals surface area contributed by atoms with Gasteiger partial charge in [-0.15, -0.1) is 11.3 Å². The maximum absolute atomic E-state index is 12.8. The zero-order valence-electron chi connectivity index (χ0n) is 16.1. The number of rotatable bonds is 5. The number of halogens is 4. The molecule has 0 saturated carbocycles. The van der Waals surface area contributed by atoms with E-state index in [1.165, 1.54) is 18.3 Å². The Morgan fingerprint density at radius 1 is 1.30 bits per heavy atom. The van der Waals surface area contributed by atoms with E-state index in [-0.39, 0.29) is 35.1 Å². The molecule has 0 aromatic carbocycles. The lowest BCUT2D eigenvalue weighted by Gasteiger charge is -2.36. The number of nitrogens with zero attached hydrogens (tertiary/aromatic N) is 3. The van der Waals surface area contributed by atoms with Crippen LogP contribution in [0, 0.1) is 0 Å². The van der Waals surface area contributed by atoms with Crippen LogP contribution in [0.25, 0.3) is 0 Å². The Morgan fingerprint density at radius 2 is 2.00 bits per heavy atom. The van der Waals surface area contributed by atoms with Crippen LogP contribution in [0.2, 0.25) is 5.02 Å². The number of piperazine rings is 1. The summed E-state index contributed by atoms with van der Waals surface area (Å²) in [5.41, 5.74) is -0.900. The standard InChI is InChI=1S/C19H20ClF3N4O2S/c1-12(28)25-15(16-3-2-8-30-16)10-17(29)26-4-6-27(7-5-26)18-14(20)9-13(11-24-18)19(21,22)23/h2-3,8-9,11,15H,4-7,10H2,1H3,(H,25,28)/t15-/m1/s1. The fourth-order valence-corrected chi connectivity index (χ4v) is 4.31. The first kappa shape index (κ1) is 22.4. The second-order valence-corrected chi connectivity index (χ2v) is 8.25. The van der Waals surface area contributed by atoms with Crippen molar-refractivity contribution in [3.63, 3.8) is 0 Å². The van der Waals surface area contributed by atoms with E-state index in [1.807, 2.05) is 17.5 Å². The number of carbonyl (C=O) groups is 2. The molecule has 3 rings (SSSR count). The highest BCUT2D eigenvalue weighted by Gasteiger charge is 2.32. The lowest BCUT2D eigenvalue weighted by Crippen LogP contribution is -2.49. The first-order valence-corrected chi connectivity index (χ1v) is 10.5. The Bertz CT molecular complexity index is 900. The van der Waals surface area contributed by atoms with Crippen LogP contribution in [-0.4, -0.2) is 47.9 Å². The van der Waals surface area contributed by atoms with Crippen molar-refractivity contribution < 1.29 is 22.8 Å². The molecule has 0 radical (unpaired) electrons. The zero-order chi connectivity index (χ0) is 21.9. The first-order chi connectivity index (χ1) is 14.1. The van der Waals surface area contributed by atoms with Crippen LogP contribution in [0.15, 0.2) is 29.8 Å². The molecule has 162 valence electrons. The van der Waals surface area contributed by atoms with E-state index in [2.05, 4.69) is 10.3 Å². The van der Waals surface area contributed by atoms with Gasteiger partial charge in [-0.1, -0.05) is 17.7 Å². The van der Waals surface area contributed by atoms with Gasteiger partial charge in [-0.2, -0.15) is 13.2 Å². The lowest BCUT2D eigenvalue weighted by molar-refractivity contribution is -0.138. The van der Waals surface area contributed by atoms with Gasteiger partial charge in [-0.3, -0.25) is 9.59 Å². The summed E-state index contributed by atoms with van der Waals surface area (Å²) < 4.78 is 38.4. The Labute approximate surface area is 180 Å². The molecule has 2 aromatic heterocycles. The van der Waals surface area contributed by atoms with Crippen molar-refractivity contribution in [1.82, 2.24) is 15.2 Å². The van der Waals surface area contributed by atoms with Crippen molar-refractivity contribution >= 4 is 40.6 Å². The molecule has 1 fully saturated rings. The molecular weight excluding hydrogens is 441 g/mol. The van der Waals surface area contributed by atoms with Gasteiger partial charge >= 0.3 is 6.18 Å². The fourth-order valence-electron chi connectivity index (χ4n) is 3.25. The van der Waals surface area contributed by atoms with Crippen molar-refractivity contribution in [2.24, 2.45) is 0 Å². The summed E-state index contributed by atoms with van der Waals surface area (Å²) >= 11 is 7.49. The molecular formula is C19H20ClF3N4O2S. The van der Waals surface area contributed by atoms with Crippen LogP contribution in [0.5, 0.6) is 0 Å². The lowest BCUT2D eigenvalue weighted by atomic mass is 10.1. The molecule has 0 spiro atoms. The Morgan fingerprint density at radius 3 is 2.53 bits per heavy atom. The molecule has 0 aliphatic carbocycles. The molecule has 2 amide bonds. The molecule has 3 heterocycles. The SMILES string of the molecule is CC(=O)N[C@H](CC(=O)N1CCN(c2ncc(C(F)(F)F)cc2Cl)CC1)c1cccs1. The minimum atomic E-state index is -4.51. The number of thiophene rings is 1. The summed E-state index contributed by atoms with van der Waals surface area (Å²) in [6.07, 6.45) is -3.61. The number of alkyl halides is 3. The molecule has 1 N–H and O–H groups in total. The van der Waals surface area contributed by atoms with Gasteiger partial charge < -0.3 is 15.1 Å². The highest BCUT2D eigenvalue weighted by atomic mass is 35.5. The monoisotopic (exact) mass is 460 g/mol. The minimum Gasteiger partial charge on any atom is -0.352 e. The summed E-state index contributed by atoms with van der Waals surface area (Å²) in [6.45, 7) is 2.97. The van der Waals surface area contributed by atoms with Crippen molar-refractivity contribution in [2.45, 2.75) is 25.6 Å². The van der Waals surface area contributed by atoms with E-state index in [4.69, 9.17) is 11.6 Å². The highest BCUT2D eigenvalue weighted by molar-refractivity contribution is 7.10. The Hall–Kier alpha value is -2.33. The molecule has 1 aliphatic heterocycles. The maximum atomic E-state index is 12.8. The van der Waals surface area contributed by atoms with Gasteiger partial charge in [-0.25, -0.2) is 4.98 Å². The average Bonchev–Trinajstić information content (AvgIpc) is 3.21. The predicted octanol–water partition coefficient (Wildman–Crippen LogP) is 3.73. The number of hydrogen-bond acceptors (Lipinski definition) is 5. The van der Waals surface area contributed by atoms with Gasteiger partial charge in [0.2, 0.25) is 11.8 Å². The van der Waals surface area contributed by atoms with Crippen molar-refractivity contribution in [3.8, 4) is 0 Å². The molecule has 2 aromatic rings. The third-order valence-electron chi connectivity index (χ3n) is 4.72. The van der Waals surface area contributed by atoms with Gasteiger partial charge in [0.05, 0.1) is 23.0 Å². The van der Waals surface area contributed by atoms with Crippen LogP contribution < -0.4 is 10.2 Å². The number of carbonyl (C=O) groups excluding carboxylic acids is 2. The third-order valence-corrected chi connectivity index (χ3v) is 5.99. The van der Waals surface area contributed by atoms with E-state index in [0.29, 0.717) is 26.2 Å². The van der Waals surface area contributed by atoms with E-state index >= 15 is 0 Å². The minimum absolute atomic E-state index is 0.0759. The number of hydrogen-bond donors (Lipinski definition) is 1. The highest BCUT2D eigenvalue weighted by Crippen LogP contribution is 2.33. The van der Waals surface area contributed by atoms with Crippen LogP contribution in [0.3, 0.4) is 0 Å². The fraction of sp³-hybridized carbons (Fsp3) is 0.421. The van der Waals surface area contributed by atoms with Crippen LogP contribution >= 0.6 is 22.9 Å². The van der Waals surface area contributed by atoms with Gasteiger partial charge in [0.15, 0.2) is 0 Å². The second-order valence-electron chi connectivity index (χ2n) is 6.87. The molecule has 1 aliphatic rings. The number of pyridine rings is 1. The summed E-state index contributed by atoms with van der Waals surface area (Å²) in [4.78, 5) is 32.5. The summed E-state index contributed by atoms with van der Waals surface area (Å²) in [5.74, 6) is -0.0474. The van der Waals surface area contributed by atoms with Gasteiger partial charge in [0.25, 0.3) is 0 Å². The van der Waals surface area contributed by atoms with Crippen molar-refractivity contribution in [3.05, 3.63) is 45.2 Å². The first-order valence-electron chi connectivity index (χ1n) is 9.21. The second kappa shape index (κ2) is 9.22. The smallest absolute Gasteiger partial charge is 0.352 e. The predicted molar refractivity (Wildman–Crippen MR) is 109 cm³/mol. The van der Waals surface area contributed by atoms with E-state index in [0.717, 1.165) is 17.1 Å². The quantitative estimate of drug-likeness (QED) is 0.738. The van der Waals surface area contributed by atoms with E-state index in [9.17, 15) is 22.8 Å². The van der Waals surface area contributed by atoms with Crippen molar-refractivity contribution in [1.29, 1.82) is 0 Å². The van der Waals surface area contributed by atoms with Crippen molar-refractivity contribution in [2.75, 3.05) is 31.1 Å². The molecule has 1 atom stereocenters. The molecule has 30 heavy (non-hydrogen) atoms. The molecule has 0 unspecified atom stereocenters. The Kier molecular flexibility index (Phi) is 6.87. The van der Waals surface area contributed by atoms with Crippen LogP contribution in [0.1, 0.15) is 29.8 Å². The average molecular weight is 461 g/mol. The number of amides is 2. The summed E-state index contributed by atoms with van der Waals surface area (Å²) in [6, 6.07) is 4.20. The van der Waals surface area contributed by atoms with Gasteiger partial charge in [0, 0.05) is 44.2 Å². The molecule has 0 bridgehead atoms. The topological polar surface area (TPSA) is 65.5 Å². The van der Waals surface area contributed by atoms with Crippen LogP contribution in [-0.2, 0) is 15.8 Å². The zero-order valence-corrected chi connectivity index (χ0v) is 17.7. The number of nitrogens with one attached hydrogen (secondary N) is 1. The molecule has 1 saturated heterocycles. The largest absolute Gasteiger partial charge is 0.417 e. The summed E-state index contributed by atoms with van der Waals surface area (Å²) in [7, 11) is 0. The number of anilines is 1. The van der Waals surface area contributed by atoms with Gasteiger partial charge in [0.1, 0.15) is 5.82 Å². The van der Waals surface area contributed by atoms with E-state index in [1.54, 1.807) is 9.80 Å². The number of aromatic nitrogens is 1. The molecule has 6 nitrogen and oxygen atoms in total. The van der Waals surface area contributed by atoms with Crippen LogP contribution in [0.4, 0.5) is 19.0 Å². The van der Waals surface area contributed by atoms with E-state index < -0.39 is 11.7 Å². The Balaban J connectivity index is 1.61.